The smallest absolute Gasteiger partial charge is 0.222 e. The van der Waals surface area contributed by atoms with Gasteiger partial charge in [0.1, 0.15) is 0 Å². The van der Waals surface area contributed by atoms with Crippen molar-refractivity contribution in [3.05, 3.63) is 35.9 Å². The number of hydrogen-bond donors (Lipinski definition) is 1. The summed E-state index contributed by atoms with van der Waals surface area (Å²) in [6, 6.07) is 11.3. The number of piperidine rings is 1. The van der Waals surface area contributed by atoms with E-state index in [9.17, 15) is 4.79 Å². The van der Waals surface area contributed by atoms with E-state index in [4.69, 9.17) is 0 Å². The van der Waals surface area contributed by atoms with Gasteiger partial charge < -0.3 is 10.2 Å². The fourth-order valence-electron chi connectivity index (χ4n) is 3.79. The zero-order chi connectivity index (χ0) is 15.2. The third-order valence-corrected chi connectivity index (χ3v) is 5.20. The maximum absolute atomic E-state index is 12.3. The van der Waals surface area contributed by atoms with Gasteiger partial charge in [-0.3, -0.25) is 4.79 Å². The van der Waals surface area contributed by atoms with Crippen LogP contribution < -0.4 is 5.32 Å². The van der Waals surface area contributed by atoms with Gasteiger partial charge in [0.2, 0.25) is 5.91 Å². The largest absolute Gasteiger partial charge is 0.343 e. The molecule has 0 bridgehead atoms. The summed E-state index contributed by atoms with van der Waals surface area (Å²) in [4.78, 5) is 14.4. The molecule has 2 heterocycles. The van der Waals surface area contributed by atoms with Crippen LogP contribution in [-0.2, 0) is 11.2 Å². The van der Waals surface area contributed by atoms with Crippen LogP contribution in [-0.4, -0.2) is 36.5 Å². The minimum Gasteiger partial charge on any atom is -0.343 e. The number of benzene rings is 1. The molecule has 1 aromatic rings. The molecule has 2 aliphatic rings. The molecule has 4 heteroatoms. The zero-order valence-corrected chi connectivity index (χ0v) is 14.7. The minimum absolute atomic E-state index is 0. The molecule has 128 valence electrons. The number of rotatable bonds is 5. The van der Waals surface area contributed by atoms with Gasteiger partial charge >= 0.3 is 0 Å². The van der Waals surface area contributed by atoms with Gasteiger partial charge in [0.15, 0.2) is 0 Å². The molecule has 3 nitrogen and oxygen atoms in total. The molecule has 23 heavy (non-hydrogen) atoms. The highest BCUT2D eigenvalue weighted by molar-refractivity contribution is 5.85. The van der Waals surface area contributed by atoms with Gasteiger partial charge in [0.05, 0.1) is 0 Å². The van der Waals surface area contributed by atoms with Crippen molar-refractivity contribution >= 4 is 18.3 Å². The Hall–Kier alpha value is -1.06. The highest BCUT2D eigenvalue weighted by Crippen LogP contribution is 2.22. The van der Waals surface area contributed by atoms with Crippen LogP contribution in [0, 0.1) is 5.92 Å². The summed E-state index contributed by atoms with van der Waals surface area (Å²) in [5.74, 6) is 1.11. The predicted octanol–water partition coefficient (Wildman–Crippen LogP) is 3.42. The molecule has 0 saturated carbocycles. The summed E-state index contributed by atoms with van der Waals surface area (Å²) in [6.07, 6.45) is 7.72. The Balaban J connectivity index is 0.00000192. The van der Waals surface area contributed by atoms with Crippen LogP contribution in [0.1, 0.15) is 44.1 Å². The maximum atomic E-state index is 12.3. The summed E-state index contributed by atoms with van der Waals surface area (Å²) < 4.78 is 0. The minimum atomic E-state index is 0. The van der Waals surface area contributed by atoms with Gasteiger partial charge in [0, 0.05) is 25.6 Å². The second-order valence-corrected chi connectivity index (χ2v) is 6.85. The molecule has 1 N–H and O–H groups in total. The van der Waals surface area contributed by atoms with Crippen LogP contribution >= 0.6 is 12.4 Å². The standard InChI is InChI=1S/C19H28N2O.ClH/c22-19(9-8-18-7-4-12-20-18)21-13-10-17(11-14-21)15-16-5-2-1-3-6-16;/h1-3,5-6,17-18,20H,4,7-15H2;1H. The van der Waals surface area contributed by atoms with Gasteiger partial charge in [0.25, 0.3) is 0 Å². The van der Waals surface area contributed by atoms with Gasteiger partial charge in [-0.25, -0.2) is 0 Å². The quantitative estimate of drug-likeness (QED) is 0.893. The van der Waals surface area contributed by atoms with Crippen molar-refractivity contribution in [3.63, 3.8) is 0 Å². The van der Waals surface area contributed by atoms with E-state index in [-0.39, 0.29) is 12.4 Å². The van der Waals surface area contributed by atoms with Crippen LogP contribution in [0.5, 0.6) is 0 Å². The summed E-state index contributed by atoms with van der Waals surface area (Å²) in [6.45, 7) is 3.03. The Morgan fingerprint density at radius 3 is 2.52 bits per heavy atom. The van der Waals surface area contributed by atoms with E-state index in [1.165, 1.54) is 18.4 Å². The number of carbonyl (C=O) groups excluding carboxylic acids is 1. The van der Waals surface area contributed by atoms with E-state index in [1.54, 1.807) is 0 Å². The van der Waals surface area contributed by atoms with Crippen molar-refractivity contribution in [3.8, 4) is 0 Å². The van der Waals surface area contributed by atoms with Crippen molar-refractivity contribution in [2.75, 3.05) is 19.6 Å². The normalized spacial score (nSPS) is 21.9. The molecule has 0 radical (unpaired) electrons. The van der Waals surface area contributed by atoms with Crippen LogP contribution in [0.3, 0.4) is 0 Å². The number of carbonyl (C=O) groups is 1. The maximum Gasteiger partial charge on any atom is 0.222 e. The monoisotopic (exact) mass is 336 g/mol. The van der Waals surface area contributed by atoms with Gasteiger partial charge in [-0.05, 0) is 56.6 Å². The molecule has 2 aliphatic heterocycles. The topological polar surface area (TPSA) is 32.3 Å². The second-order valence-electron chi connectivity index (χ2n) is 6.85. The summed E-state index contributed by atoms with van der Waals surface area (Å²) >= 11 is 0. The highest BCUT2D eigenvalue weighted by atomic mass is 35.5. The van der Waals surface area contributed by atoms with Crippen molar-refractivity contribution < 1.29 is 4.79 Å². The zero-order valence-electron chi connectivity index (χ0n) is 13.9. The van der Waals surface area contributed by atoms with E-state index in [2.05, 4.69) is 40.5 Å². The lowest BCUT2D eigenvalue weighted by molar-refractivity contribution is -0.132. The average Bonchev–Trinajstić information content (AvgIpc) is 3.08. The van der Waals surface area contributed by atoms with Crippen LogP contribution in [0.4, 0.5) is 0 Å². The van der Waals surface area contributed by atoms with E-state index >= 15 is 0 Å². The van der Waals surface area contributed by atoms with E-state index < -0.39 is 0 Å². The summed E-state index contributed by atoms with van der Waals surface area (Å²) in [5.41, 5.74) is 1.43. The van der Waals surface area contributed by atoms with Crippen molar-refractivity contribution in [1.29, 1.82) is 0 Å². The number of hydrogen-bond acceptors (Lipinski definition) is 2. The van der Waals surface area contributed by atoms with Crippen LogP contribution in [0.25, 0.3) is 0 Å². The fourth-order valence-corrected chi connectivity index (χ4v) is 3.79. The Morgan fingerprint density at radius 1 is 1.13 bits per heavy atom. The SMILES string of the molecule is Cl.O=C(CCC1CCCN1)N1CCC(Cc2ccccc2)CC1. The molecule has 1 unspecified atom stereocenters. The second kappa shape index (κ2) is 9.29. The first-order valence-electron chi connectivity index (χ1n) is 8.86. The number of nitrogens with one attached hydrogen (secondary N) is 1. The molecule has 2 saturated heterocycles. The van der Waals surface area contributed by atoms with Gasteiger partial charge in [-0.2, -0.15) is 0 Å². The van der Waals surface area contributed by atoms with E-state index in [1.807, 2.05) is 0 Å². The van der Waals surface area contributed by atoms with Crippen molar-refractivity contribution in [2.45, 2.75) is 51.0 Å². The van der Waals surface area contributed by atoms with Crippen LogP contribution in [0.15, 0.2) is 30.3 Å². The van der Waals surface area contributed by atoms with Gasteiger partial charge in [-0.1, -0.05) is 30.3 Å². The number of halogens is 1. The molecule has 0 aliphatic carbocycles. The molecule has 0 spiro atoms. The number of amides is 1. The Bertz CT molecular complexity index is 466. The molecular weight excluding hydrogens is 308 g/mol. The number of nitrogens with zero attached hydrogens (tertiary/aromatic N) is 1. The number of likely N-dealkylation sites (tertiary alicyclic amines) is 1. The molecule has 3 rings (SSSR count). The predicted molar refractivity (Wildman–Crippen MR) is 97.0 cm³/mol. The van der Waals surface area contributed by atoms with Crippen molar-refractivity contribution in [2.24, 2.45) is 5.92 Å². The molecule has 2 fully saturated rings. The first kappa shape index (κ1) is 18.3. The molecular formula is C19H29ClN2O. The van der Waals surface area contributed by atoms with Gasteiger partial charge in [-0.15, -0.1) is 12.4 Å². The van der Waals surface area contributed by atoms with Crippen LogP contribution in [0.2, 0.25) is 0 Å². The molecule has 1 amide bonds. The van der Waals surface area contributed by atoms with E-state index in [0.29, 0.717) is 11.9 Å². The third kappa shape index (κ3) is 5.50. The Labute approximate surface area is 146 Å². The summed E-state index contributed by atoms with van der Waals surface area (Å²) in [7, 11) is 0. The third-order valence-electron chi connectivity index (χ3n) is 5.20. The lowest BCUT2D eigenvalue weighted by Gasteiger charge is -2.32. The molecule has 1 aromatic carbocycles. The Kier molecular flexibility index (Phi) is 7.38. The molecule has 1 atom stereocenters. The Morgan fingerprint density at radius 2 is 1.87 bits per heavy atom. The first-order chi connectivity index (χ1) is 10.8. The average molecular weight is 337 g/mol. The van der Waals surface area contributed by atoms with E-state index in [0.717, 1.165) is 57.7 Å². The fraction of sp³-hybridized carbons (Fsp3) is 0.632. The van der Waals surface area contributed by atoms with Crippen molar-refractivity contribution in [1.82, 2.24) is 10.2 Å². The lowest BCUT2D eigenvalue weighted by Crippen LogP contribution is -2.39. The molecule has 0 aromatic heterocycles. The highest BCUT2D eigenvalue weighted by Gasteiger charge is 2.24. The lowest BCUT2D eigenvalue weighted by atomic mass is 9.90. The first-order valence-corrected chi connectivity index (χ1v) is 8.86. The summed E-state index contributed by atoms with van der Waals surface area (Å²) in [5, 5.41) is 3.48.